The van der Waals surface area contributed by atoms with Gasteiger partial charge in [-0.1, -0.05) is 12.1 Å². The molecule has 0 unspecified atom stereocenters. The van der Waals surface area contributed by atoms with Gasteiger partial charge < -0.3 is 10.0 Å². The van der Waals surface area contributed by atoms with E-state index in [-0.39, 0.29) is 0 Å². The van der Waals surface area contributed by atoms with Crippen molar-refractivity contribution in [3.63, 3.8) is 0 Å². The summed E-state index contributed by atoms with van der Waals surface area (Å²) in [5, 5.41) is 21.2. The van der Waals surface area contributed by atoms with Gasteiger partial charge >= 0.3 is 7.12 Å². The van der Waals surface area contributed by atoms with Crippen LogP contribution in [-0.2, 0) is 0 Å². The SMILES string of the molecule is Cc1ccc(C)c2c(B(O)O)csc12. The smallest absolute Gasteiger partial charge is 0.423 e. The lowest BCUT2D eigenvalue weighted by Crippen LogP contribution is -2.29. The maximum Gasteiger partial charge on any atom is 0.489 e. The van der Waals surface area contributed by atoms with E-state index in [4.69, 9.17) is 0 Å². The zero-order valence-corrected chi connectivity index (χ0v) is 8.93. The molecule has 1 aromatic carbocycles. The van der Waals surface area contributed by atoms with Gasteiger partial charge in [-0.3, -0.25) is 0 Å². The number of benzene rings is 1. The fourth-order valence-electron chi connectivity index (χ4n) is 1.67. The second-order valence-corrected chi connectivity index (χ2v) is 4.35. The molecule has 0 saturated heterocycles. The number of fused-ring (bicyclic) bond motifs is 1. The molecule has 0 fully saturated rings. The highest BCUT2D eigenvalue weighted by Gasteiger charge is 2.18. The monoisotopic (exact) mass is 206 g/mol. The van der Waals surface area contributed by atoms with E-state index in [9.17, 15) is 10.0 Å². The molecule has 2 rings (SSSR count). The zero-order valence-electron chi connectivity index (χ0n) is 8.11. The molecule has 0 amide bonds. The van der Waals surface area contributed by atoms with Crippen LogP contribution >= 0.6 is 11.3 Å². The van der Waals surface area contributed by atoms with Crippen LogP contribution in [-0.4, -0.2) is 17.2 Å². The molecule has 72 valence electrons. The summed E-state index contributed by atoms with van der Waals surface area (Å²) in [6, 6.07) is 4.07. The van der Waals surface area contributed by atoms with Crippen molar-refractivity contribution >= 4 is 34.0 Å². The third-order valence-corrected chi connectivity index (χ3v) is 3.57. The van der Waals surface area contributed by atoms with Crippen molar-refractivity contribution in [2.45, 2.75) is 13.8 Å². The fourth-order valence-corrected chi connectivity index (χ4v) is 2.80. The average molecular weight is 206 g/mol. The summed E-state index contributed by atoms with van der Waals surface area (Å²) in [4.78, 5) is 0. The van der Waals surface area contributed by atoms with Crippen LogP contribution in [0.15, 0.2) is 17.5 Å². The first-order chi connectivity index (χ1) is 6.61. The molecule has 0 radical (unpaired) electrons. The van der Waals surface area contributed by atoms with Crippen LogP contribution < -0.4 is 5.46 Å². The molecule has 0 spiro atoms. The quantitative estimate of drug-likeness (QED) is 0.688. The highest BCUT2D eigenvalue weighted by Crippen LogP contribution is 2.25. The summed E-state index contributed by atoms with van der Waals surface area (Å²) in [5.74, 6) is 0. The predicted octanol–water partition coefficient (Wildman–Crippen LogP) is 1.20. The summed E-state index contributed by atoms with van der Waals surface area (Å²) >= 11 is 1.56. The molecule has 0 atom stereocenters. The molecular formula is C10H11BO2S. The highest BCUT2D eigenvalue weighted by atomic mass is 32.1. The lowest BCUT2D eigenvalue weighted by atomic mass is 9.79. The van der Waals surface area contributed by atoms with E-state index in [0.717, 1.165) is 15.6 Å². The summed E-state index contributed by atoms with van der Waals surface area (Å²) in [5.41, 5.74) is 2.89. The third-order valence-electron chi connectivity index (χ3n) is 2.43. The fraction of sp³-hybridized carbons (Fsp3) is 0.200. The Kier molecular flexibility index (Phi) is 2.35. The van der Waals surface area contributed by atoms with Gasteiger partial charge in [0.1, 0.15) is 0 Å². The number of hydrogen-bond acceptors (Lipinski definition) is 3. The summed E-state index contributed by atoms with van der Waals surface area (Å²) in [6.45, 7) is 4.02. The topological polar surface area (TPSA) is 40.5 Å². The van der Waals surface area contributed by atoms with E-state index in [1.54, 1.807) is 11.3 Å². The molecular weight excluding hydrogens is 195 g/mol. The van der Waals surface area contributed by atoms with Gasteiger partial charge in [-0.15, -0.1) is 11.3 Å². The van der Waals surface area contributed by atoms with Gasteiger partial charge in [0.15, 0.2) is 0 Å². The van der Waals surface area contributed by atoms with Crippen molar-refractivity contribution in [1.82, 2.24) is 0 Å². The Morgan fingerprint density at radius 1 is 1.14 bits per heavy atom. The maximum atomic E-state index is 9.19. The van der Waals surface area contributed by atoms with Gasteiger partial charge in [0.25, 0.3) is 0 Å². The average Bonchev–Trinajstić information content (AvgIpc) is 2.56. The van der Waals surface area contributed by atoms with E-state index in [2.05, 4.69) is 6.07 Å². The normalized spacial score (nSPS) is 10.9. The van der Waals surface area contributed by atoms with Gasteiger partial charge in [-0.05, 0) is 35.7 Å². The summed E-state index contributed by atoms with van der Waals surface area (Å²) in [7, 11) is -1.37. The van der Waals surface area contributed by atoms with Crippen LogP contribution in [0.3, 0.4) is 0 Å². The molecule has 2 nitrogen and oxygen atoms in total. The van der Waals surface area contributed by atoms with E-state index in [1.165, 1.54) is 5.56 Å². The van der Waals surface area contributed by atoms with Crippen molar-refractivity contribution < 1.29 is 10.0 Å². The second-order valence-electron chi connectivity index (χ2n) is 3.47. The first-order valence-electron chi connectivity index (χ1n) is 4.44. The Morgan fingerprint density at radius 3 is 2.43 bits per heavy atom. The number of rotatable bonds is 1. The minimum absolute atomic E-state index is 0.617. The van der Waals surface area contributed by atoms with E-state index in [0.29, 0.717) is 5.46 Å². The second kappa shape index (κ2) is 3.39. The molecule has 4 heteroatoms. The molecule has 1 heterocycles. The van der Waals surface area contributed by atoms with Crippen LogP contribution in [0.5, 0.6) is 0 Å². The van der Waals surface area contributed by atoms with Gasteiger partial charge in [-0.25, -0.2) is 0 Å². The Hall–Kier alpha value is -0.835. The van der Waals surface area contributed by atoms with Crippen LogP contribution in [0.2, 0.25) is 0 Å². The molecule has 0 bridgehead atoms. The van der Waals surface area contributed by atoms with Gasteiger partial charge in [0, 0.05) is 10.2 Å². The van der Waals surface area contributed by atoms with Crippen molar-refractivity contribution in [3.8, 4) is 0 Å². The van der Waals surface area contributed by atoms with Crippen LogP contribution in [0, 0.1) is 13.8 Å². The minimum Gasteiger partial charge on any atom is -0.423 e. The molecule has 2 aromatic rings. The lowest BCUT2D eigenvalue weighted by molar-refractivity contribution is 0.426. The molecule has 14 heavy (non-hydrogen) atoms. The molecule has 0 aliphatic rings. The van der Waals surface area contributed by atoms with Crippen molar-refractivity contribution in [2.75, 3.05) is 0 Å². The molecule has 1 aromatic heterocycles. The van der Waals surface area contributed by atoms with Gasteiger partial charge in [0.05, 0.1) is 0 Å². The molecule has 2 N–H and O–H groups in total. The van der Waals surface area contributed by atoms with Gasteiger partial charge in [0.2, 0.25) is 0 Å². The first kappa shape index (κ1) is 9.71. The van der Waals surface area contributed by atoms with E-state index >= 15 is 0 Å². The van der Waals surface area contributed by atoms with E-state index in [1.807, 2.05) is 25.3 Å². The Balaban J connectivity index is 2.84. The maximum absolute atomic E-state index is 9.19. The van der Waals surface area contributed by atoms with Gasteiger partial charge in [-0.2, -0.15) is 0 Å². The Bertz CT molecular complexity index is 476. The number of thiophene rings is 1. The Labute approximate surface area is 87.0 Å². The standard InChI is InChI=1S/C10H11BO2S/c1-6-3-4-7(2)10-9(6)8(5-14-10)11(12)13/h3-5,12-13H,1-2H3. The Morgan fingerprint density at radius 2 is 1.79 bits per heavy atom. The van der Waals surface area contributed by atoms with Crippen molar-refractivity contribution in [1.29, 1.82) is 0 Å². The third kappa shape index (κ3) is 1.36. The summed E-state index contributed by atoms with van der Waals surface area (Å²) in [6.07, 6.45) is 0. The molecule has 0 aliphatic carbocycles. The van der Waals surface area contributed by atoms with Crippen molar-refractivity contribution in [3.05, 3.63) is 28.6 Å². The number of aryl methyl sites for hydroxylation is 2. The van der Waals surface area contributed by atoms with Crippen molar-refractivity contribution in [2.24, 2.45) is 0 Å². The molecule has 0 aliphatic heterocycles. The minimum atomic E-state index is -1.37. The van der Waals surface area contributed by atoms with Crippen LogP contribution in [0.25, 0.3) is 10.1 Å². The van der Waals surface area contributed by atoms with Crippen LogP contribution in [0.4, 0.5) is 0 Å². The molecule has 0 saturated carbocycles. The largest absolute Gasteiger partial charge is 0.489 e. The van der Waals surface area contributed by atoms with E-state index < -0.39 is 7.12 Å². The lowest BCUT2D eigenvalue weighted by Gasteiger charge is -2.02. The zero-order chi connectivity index (χ0) is 10.3. The van der Waals surface area contributed by atoms with Crippen LogP contribution in [0.1, 0.15) is 11.1 Å². The summed E-state index contributed by atoms with van der Waals surface area (Å²) < 4.78 is 1.15. The first-order valence-corrected chi connectivity index (χ1v) is 5.32. The number of hydrogen-bond donors (Lipinski definition) is 2. The highest BCUT2D eigenvalue weighted by molar-refractivity contribution is 7.19. The predicted molar refractivity (Wildman–Crippen MR) is 61.1 cm³/mol.